The molecule has 0 aliphatic carbocycles. The van der Waals surface area contributed by atoms with Crippen LogP contribution in [0.5, 0.6) is 0 Å². The number of carbonyl (C=O) groups is 2. The second-order valence-corrected chi connectivity index (χ2v) is 9.57. The molecule has 0 radical (unpaired) electrons. The molecule has 2 amide bonds. The highest BCUT2D eigenvalue weighted by atomic mass is 35.5. The van der Waals surface area contributed by atoms with Gasteiger partial charge in [0.05, 0.1) is 10.9 Å². The number of nitrogens with zero attached hydrogens (tertiary/aromatic N) is 2. The molecule has 0 saturated carbocycles. The number of hydrogen-bond donors (Lipinski definition) is 2. The molecular formula is C28H26Cl2N4O4. The zero-order valence-corrected chi connectivity index (χ0v) is 22.0. The monoisotopic (exact) mass is 552 g/mol. The molecule has 3 aromatic carbocycles. The third kappa shape index (κ3) is 6.70. The molecular weight excluding hydrogens is 527 g/mol. The average Bonchev–Trinajstić information content (AvgIpc) is 2.90. The van der Waals surface area contributed by atoms with E-state index >= 15 is 0 Å². The number of fused-ring (bicyclic) bond motifs is 1. The molecule has 0 atom stereocenters. The molecule has 1 heterocycles. The van der Waals surface area contributed by atoms with Crippen LogP contribution < -0.4 is 21.9 Å². The minimum Gasteiger partial charge on any atom is -0.352 e. The lowest BCUT2D eigenvalue weighted by atomic mass is 10.2. The van der Waals surface area contributed by atoms with Gasteiger partial charge in [0.2, 0.25) is 11.8 Å². The van der Waals surface area contributed by atoms with Gasteiger partial charge in [0.15, 0.2) is 0 Å². The maximum atomic E-state index is 13.3. The summed E-state index contributed by atoms with van der Waals surface area (Å²) in [5.74, 6) is -0.578. The minimum absolute atomic E-state index is 0.121. The van der Waals surface area contributed by atoms with Crippen molar-refractivity contribution >= 4 is 51.6 Å². The van der Waals surface area contributed by atoms with Crippen molar-refractivity contribution in [3.8, 4) is 0 Å². The fourth-order valence-corrected chi connectivity index (χ4v) is 4.50. The first-order chi connectivity index (χ1) is 18.3. The Morgan fingerprint density at radius 3 is 2.37 bits per heavy atom. The molecule has 196 valence electrons. The van der Waals surface area contributed by atoms with Crippen molar-refractivity contribution in [1.82, 2.24) is 14.5 Å². The number of nitrogens with one attached hydrogen (secondary N) is 2. The number of aromatic nitrogens is 2. The van der Waals surface area contributed by atoms with Gasteiger partial charge in [-0.15, -0.1) is 0 Å². The van der Waals surface area contributed by atoms with Crippen molar-refractivity contribution < 1.29 is 9.59 Å². The summed E-state index contributed by atoms with van der Waals surface area (Å²) in [6, 6.07) is 20.6. The number of anilines is 1. The third-order valence-electron chi connectivity index (χ3n) is 6.01. The van der Waals surface area contributed by atoms with Gasteiger partial charge in [0.25, 0.3) is 5.56 Å². The number of hydrogen-bond acceptors (Lipinski definition) is 4. The van der Waals surface area contributed by atoms with E-state index in [9.17, 15) is 19.2 Å². The minimum atomic E-state index is -0.585. The van der Waals surface area contributed by atoms with E-state index in [-0.39, 0.29) is 25.4 Å². The fraction of sp³-hybridized carbons (Fsp3) is 0.214. The lowest BCUT2D eigenvalue weighted by Gasteiger charge is -2.14. The Morgan fingerprint density at radius 1 is 0.816 bits per heavy atom. The van der Waals surface area contributed by atoms with Gasteiger partial charge in [-0.25, -0.2) is 4.79 Å². The number of amides is 2. The SMILES string of the molecule is O=C(CCCCn1c(=O)c2ccccc2n(CC(=O)Nc2cccc(Cl)c2)c1=O)NCc1ccccc1Cl. The molecule has 10 heteroatoms. The predicted octanol–water partition coefficient (Wildman–Crippen LogP) is 4.60. The molecule has 4 rings (SSSR count). The maximum absolute atomic E-state index is 13.3. The first-order valence-corrected chi connectivity index (χ1v) is 12.9. The Bertz CT molecular complexity index is 1600. The van der Waals surface area contributed by atoms with Gasteiger partial charge in [0.1, 0.15) is 6.54 Å². The molecule has 0 aliphatic heterocycles. The van der Waals surface area contributed by atoms with Crippen molar-refractivity contribution in [3.63, 3.8) is 0 Å². The molecule has 0 saturated heterocycles. The van der Waals surface area contributed by atoms with Crippen LogP contribution in [-0.4, -0.2) is 20.9 Å². The summed E-state index contributed by atoms with van der Waals surface area (Å²) in [7, 11) is 0. The standard InChI is InChI=1S/C28H26Cl2N4O4/c29-20-9-7-10-21(16-20)32-26(36)18-34-24-13-4-2-11-22(24)27(37)33(28(34)38)15-6-5-14-25(35)31-17-19-8-1-3-12-23(19)30/h1-4,7-13,16H,5-6,14-15,17-18H2,(H,31,35)(H,32,36). The fourth-order valence-electron chi connectivity index (χ4n) is 4.11. The van der Waals surface area contributed by atoms with Gasteiger partial charge in [-0.05, 0) is 54.8 Å². The molecule has 0 unspecified atom stereocenters. The second kappa shape index (κ2) is 12.6. The van der Waals surface area contributed by atoms with Crippen molar-refractivity contribution in [2.75, 3.05) is 5.32 Å². The van der Waals surface area contributed by atoms with Crippen molar-refractivity contribution in [2.45, 2.75) is 38.9 Å². The second-order valence-electron chi connectivity index (χ2n) is 8.73. The van der Waals surface area contributed by atoms with E-state index in [4.69, 9.17) is 23.2 Å². The van der Waals surface area contributed by atoms with Crippen molar-refractivity contribution in [3.05, 3.63) is 109 Å². The molecule has 4 aromatic rings. The van der Waals surface area contributed by atoms with E-state index in [1.807, 2.05) is 18.2 Å². The summed E-state index contributed by atoms with van der Waals surface area (Å²) in [6.45, 7) is 0.164. The highest BCUT2D eigenvalue weighted by Gasteiger charge is 2.15. The average molecular weight is 553 g/mol. The van der Waals surface area contributed by atoms with Crippen LogP contribution in [0.1, 0.15) is 24.8 Å². The Hall–Kier alpha value is -3.88. The summed E-state index contributed by atoms with van der Waals surface area (Å²) >= 11 is 12.1. The zero-order chi connectivity index (χ0) is 27.1. The summed E-state index contributed by atoms with van der Waals surface area (Å²) in [5.41, 5.74) is 0.684. The van der Waals surface area contributed by atoms with Crippen molar-refractivity contribution in [2.24, 2.45) is 0 Å². The van der Waals surface area contributed by atoms with Gasteiger partial charge in [-0.3, -0.25) is 23.5 Å². The largest absolute Gasteiger partial charge is 0.352 e. The Labute approximate surface area is 228 Å². The van der Waals surface area contributed by atoms with E-state index in [0.29, 0.717) is 46.0 Å². The molecule has 0 aliphatic rings. The van der Waals surface area contributed by atoms with Crippen LogP contribution in [0.3, 0.4) is 0 Å². The van der Waals surface area contributed by atoms with Gasteiger partial charge in [-0.2, -0.15) is 0 Å². The first kappa shape index (κ1) is 27.2. The highest BCUT2D eigenvalue weighted by molar-refractivity contribution is 6.31. The molecule has 2 N–H and O–H groups in total. The van der Waals surface area contributed by atoms with E-state index in [1.54, 1.807) is 54.6 Å². The molecule has 38 heavy (non-hydrogen) atoms. The van der Waals surface area contributed by atoms with Crippen molar-refractivity contribution in [1.29, 1.82) is 0 Å². The summed E-state index contributed by atoms with van der Waals surface area (Å²) in [5, 5.41) is 6.94. The first-order valence-electron chi connectivity index (χ1n) is 12.1. The number of rotatable bonds is 10. The Balaban J connectivity index is 1.43. The van der Waals surface area contributed by atoms with Crippen LogP contribution in [0.4, 0.5) is 5.69 Å². The topological polar surface area (TPSA) is 102 Å². The lowest BCUT2D eigenvalue weighted by molar-refractivity contribution is -0.121. The van der Waals surface area contributed by atoms with Crippen LogP contribution >= 0.6 is 23.2 Å². The van der Waals surface area contributed by atoms with Crippen LogP contribution in [0, 0.1) is 0 Å². The number of halogens is 2. The quantitative estimate of drug-likeness (QED) is 0.281. The van der Waals surface area contributed by atoms with E-state index in [1.165, 1.54) is 4.57 Å². The smallest absolute Gasteiger partial charge is 0.331 e. The van der Waals surface area contributed by atoms with Crippen LogP contribution in [0.15, 0.2) is 82.4 Å². The Morgan fingerprint density at radius 2 is 1.58 bits per heavy atom. The maximum Gasteiger partial charge on any atom is 0.331 e. The molecule has 1 aromatic heterocycles. The zero-order valence-electron chi connectivity index (χ0n) is 20.5. The number of benzene rings is 3. The molecule has 0 bridgehead atoms. The molecule has 8 nitrogen and oxygen atoms in total. The third-order valence-corrected chi connectivity index (χ3v) is 6.62. The van der Waals surface area contributed by atoms with Gasteiger partial charge in [-0.1, -0.05) is 59.6 Å². The van der Waals surface area contributed by atoms with Crippen LogP contribution in [0.25, 0.3) is 10.9 Å². The summed E-state index contributed by atoms with van der Waals surface area (Å²) in [4.78, 5) is 51.4. The summed E-state index contributed by atoms with van der Waals surface area (Å²) < 4.78 is 2.41. The lowest BCUT2D eigenvalue weighted by Crippen LogP contribution is -2.41. The van der Waals surface area contributed by atoms with E-state index in [2.05, 4.69) is 10.6 Å². The van der Waals surface area contributed by atoms with E-state index < -0.39 is 17.2 Å². The normalized spacial score (nSPS) is 10.9. The van der Waals surface area contributed by atoms with Gasteiger partial charge in [0, 0.05) is 35.2 Å². The number of para-hydroxylation sites is 1. The summed E-state index contributed by atoms with van der Waals surface area (Å²) in [6.07, 6.45) is 1.15. The predicted molar refractivity (Wildman–Crippen MR) is 150 cm³/mol. The van der Waals surface area contributed by atoms with Gasteiger partial charge >= 0.3 is 5.69 Å². The number of unbranched alkanes of at least 4 members (excludes halogenated alkanes) is 1. The van der Waals surface area contributed by atoms with Crippen LogP contribution in [-0.2, 0) is 29.2 Å². The molecule has 0 fully saturated rings. The van der Waals surface area contributed by atoms with E-state index in [0.717, 1.165) is 10.1 Å². The Kier molecular flexibility index (Phi) is 8.99. The van der Waals surface area contributed by atoms with Crippen LogP contribution in [0.2, 0.25) is 10.0 Å². The highest BCUT2D eigenvalue weighted by Crippen LogP contribution is 2.16. The van der Waals surface area contributed by atoms with Gasteiger partial charge < -0.3 is 10.6 Å². The number of carbonyl (C=O) groups excluding carboxylic acids is 2. The molecule has 0 spiro atoms.